The van der Waals surface area contributed by atoms with Crippen molar-refractivity contribution in [2.75, 3.05) is 7.11 Å². The first-order chi connectivity index (χ1) is 12.5. The van der Waals surface area contributed by atoms with E-state index in [4.69, 9.17) is 5.73 Å². The molecule has 1 aromatic heterocycles. The van der Waals surface area contributed by atoms with Gasteiger partial charge in [0, 0.05) is 6.20 Å². The van der Waals surface area contributed by atoms with Gasteiger partial charge in [-0.2, -0.15) is 0 Å². The molecule has 1 aromatic carbocycles. The van der Waals surface area contributed by atoms with Crippen molar-refractivity contribution < 1.29 is 18.7 Å². The zero-order chi connectivity index (χ0) is 18.7. The molecule has 1 aliphatic heterocycles. The molecular weight excluding hydrogens is 337 g/mol. The number of aliphatic imine (C=N–C) groups is 1. The molecule has 3 rings (SSSR count). The monoisotopic (exact) mass is 357 g/mol. The van der Waals surface area contributed by atoms with E-state index >= 15 is 0 Å². The van der Waals surface area contributed by atoms with Gasteiger partial charge in [0.05, 0.1) is 24.7 Å². The Morgan fingerprint density at radius 1 is 1.35 bits per heavy atom. The second kappa shape index (κ2) is 7.51. The van der Waals surface area contributed by atoms with Crippen molar-refractivity contribution in [2.24, 2.45) is 10.7 Å². The number of ketones is 1. The third-order valence-electron chi connectivity index (χ3n) is 4.42. The number of esters is 1. The van der Waals surface area contributed by atoms with Crippen molar-refractivity contribution in [1.82, 2.24) is 4.98 Å². The molecule has 0 radical (unpaired) electrons. The highest BCUT2D eigenvalue weighted by Gasteiger charge is 2.23. The number of ether oxygens (including phenoxy) is 1. The summed E-state index contributed by atoms with van der Waals surface area (Å²) in [7, 11) is 1.22. The van der Waals surface area contributed by atoms with E-state index < -0.39 is 11.8 Å². The van der Waals surface area contributed by atoms with Crippen LogP contribution in [-0.4, -0.2) is 29.7 Å². The fourth-order valence-corrected chi connectivity index (χ4v) is 3.12. The Morgan fingerprint density at radius 2 is 2.12 bits per heavy atom. The summed E-state index contributed by atoms with van der Waals surface area (Å²) < 4.78 is 18.4. The number of halogens is 1. The van der Waals surface area contributed by atoms with Crippen LogP contribution in [0.3, 0.4) is 0 Å². The van der Waals surface area contributed by atoms with E-state index in [2.05, 4.69) is 14.7 Å². The van der Waals surface area contributed by atoms with Gasteiger partial charge >= 0.3 is 5.97 Å². The van der Waals surface area contributed by atoms with Gasteiger partial charge < -0.3 is 15.5 Å². The van der Waals surface area contributed by atoms with Crippen LogP contribution in [0.2, 0.25) is 0 Å². The van der Waals surface area contributed by atoms with Crippen LogP contribution in [0.1, 0.15) is 51.1 Å². The van der Waals surface area contributed by atoms with Crippen LogP contribution in [-0.2, 0) is 17.6 Å². The highest BCUT2D eigenvalue weighted by atomic mass is 19.1. The van der Waals surface area contributed by atoms with E-state index in [1.165, 1.54) is 19.2 Å². The van der Waals surface area contributed by atoms with Crippen molar-refractivity contribution >= 4 is 23.4 Å². The van der Waals surface area contributed by atoms with Gasteiger partial charge in [-0.05, 0) is 48.9 Å². The number of unbranched alkanes of at least 4 members (excludes halogenated alkanes) is 1. The molecule has 136 valence electrons. The van der Waals surface area contributed by atoms with Gasteiger partial charge in [0.15, 0.2) is 5.78 Å². The number of carbonyl (C=O) groups excluding carboxylic acids is 2. The molecule has 0 saturated carbocycles. The normalized spacial score (nSPS) is 13.3. The predicted octanol–water partition coefficient (Wildman–Crippen LogP) is 3.08. The summed E-state index contributed by atoms with van der Waals surface area (Å²) in [4.78, 5) is 30.7. The van der Waals surface area contributed by atoms with Crippen LogP contribution in [0.25, 0.3) is 0 Å². The molecule has 0 aliphatic carbocycles. The van der Waals surface area contributed by atoms with Crippen molar-refractivity contribution in [2.45, 2.75) is 32.1 Å². The van der Waals surface area contributed by atoms with E-state index in [-0.39, 0.29) is 17.8 Å². The van der Waals surface area contributed by atoms with Crippen LogP contribution in [0.15, 0.2) is 29.4 Å². The fourth-order valence-electron chi connectivity index (χ4n) is 3.12. The zero-order valence-corrected chi connectivity index (χ0v) is 14.5. The van der Waals surface area contributed by atoms with E-state index in [0.29, 0.717) is 23.6 Å². The second-order valence-electron chi connectivity index (χ2n) is 6.25. The van der Waals surface area contributed by atoms with Crippen LogP contribution >= 0.6 is 0 Å². The second-order valence-corrected chi connectivity index (χ2v) is 6.25. The fraction of sp³-hybridized carbons (Fsp3) is 0.316. The molecule has 0 amide bonds. The quantitative estimate of drug-likeness (QED) is 0.613. The Hall–Kier alpha value is -2.96. The number of rotatable bonds is 6. The molecule has 26 heavy (non-hydrogen) atoms. The highest BCUT2D eigenvalue weighted by molar-refractivity contribution is 6.15. The topological polar surface area (TPSA) is 97.5 Å². The predicted molar refractivity (Wildman–Crippen MR) is 95.4 cm³/mol. The lowest BCUT2D eigenvalue weighted by Crippen LogP contribution is -2.20. The molecular formula is C19H20FN3O3. The number of aromatic nitrogens is 1. The lowest BCUT2D eigenvalue weighted by atomic mass is 9.98. The number of nitrogens with zero attached hydrogens (tertiary/aromatic N) is 1. The van der Waals surface area contributed by atoms with Gasteiger partial charge in [0.1, 0.15) is 17.5 Å². The number of nitrogens with one attached hydrogen (secondary N) is 1. The Bertz CT molecular complexity index is 886. The van der Waals surface area contributed by atoms with E-state index in [9.17, 15) is 14.0 Å². The average molecular weight is 357 g/mol. The Kier molecular flexibility index (Phi) is 5.16. The average Bonchev–Trinajstić information content (AvgIpc) is 3.01. The maximum Gasteiger partial charge on any atom is 0.340 e. The lowest BCUT2D eigenvalue weighted by Gasteiger charge is -2.10. The van der Waals surface area contributed by atoms with Gasteiger partial charge in [-0.25, -0.2) is 14.2 Å². The SMILES string of the molecule is COC(=O)c1ccc(CCCCc2c[nH]c3c2C(=O)CC(N)=N3)cc1F. The first-order valence-electron chi connectivity index (χ1n) is 8.43. The van der Waals surface area contributed by atoms with Gasteiger partial charge in [-0.1, -0.05) is 6.07 Å². The molecule has 0 saturated heterocycles. The summed E-state index contributed by atoms with van der Waals surface area (Å²) in [5.74, 6) is -0.402. The van der Waals surface area contributed by atoms with Crippen molar-refractivity contribution in [3.05, 3.63) is 52.5 Å². The molecule has 6 nitrogen and oxygen atoms in total. The molecule has 3 N–H and O–H groups in total. The van der Waals surface area contributed by atoms with Gasteiger partial charge in [-0.15, -0.1) is 0 Å². The number of H-pyrrole nitrogens is 1. The van der Waals surface area contributed by atoms with E-state index in [1.807, 2.05) is 0 Å². The van der Waals surface area contributed by atoms with Crippen LogP contribution in [0, 0.1) is 5.82 Å². The van der Waals surface area contributed by atoms with Crippen LogP contribution in [0.5, 0.6) is 0 Å². The Balaban J connectivity index is 1.56. The summed E-state index contributed by atoms with van der Waals surface area (Å²) in [5, 5.41) is 0. The zero-order valence-electron chi connectivity index (χ0n) is 14.5. The van der Waals surface area contributed by atoms with E-state index in [0.717, 1.165) is 30.4 Å². The number of nitrogens with two attached hydrogens (primary N) is 1. The summed E-state index contributed by atoms with van der Waals surface area (Å²) in [5.41, 5.74) is 7.96. The van der Waals surface area contributed by atoms with Gasteiger partial charge in [0.25, 0.3) is 0 Å². The summed E-state index contributed by atoms with van der Waals surface area (Å²) in [6.45, 7) is 0. The Labute approximate surface area is 150 Å². The molecule has 0 atom stereocenters. The third kappa shape index (κ3) is 3.66. The number of carbonyl (C=O) groups is 2. The largest absolute Gasteiger partial charge is 0.465 e. The number of benzene rings is 1. The summed E-state index contributed by atoms with van der Waals surface area (Å²) in [6.07, 6.45) is 5.05. The van der Waals surface area contributed by atoms with E-state index in [1.54, 1.807) is 12.3 Å². The Morgan fingerprint density at radius 3 is 2.85 bits per heavy atom. The minimum absolute atomic E-state index is 0.00998. The summed E-state index contributed by atoms with van der Waals surface area (Å²) >= 11 is 0. The number of methoxy groups -OCH3 is 1. The lowest BCUT2D eigenvalue weighted by molar-refractivity contribution is 0.0595. The van der Waals surface area contributed by atoms with Crippen LogP contribution < -0.4 is 5.73 Å². The van der Waals surface area contributed by atoms with Crippen molar-refractivity contribution in [1.29, 1.82) is 0 Å². The maximum absolute atomic E-state index is 13.9. The van der Waals surface area contributed by atoms with Gasteiger partial charge in [-0.3, -0.25) is 4.79 Å². The molecule has 0 spiro atoms. The molecule has 0 unspecified atom stereocenters. The number of amidine groups is 1. The molecule has 2 heterocycles. The molecule has 2 aromatic rings. The maximum atomic E-state index is 13.9. The minimum Gasteiger partial charge on any atom is -0.465 e. The standard InChI is InChI=1S/C19H20FN3O3/c1-26-19(25)13-7-6-11(8-14(13)20)4-2-3-5-12-10-22-18-17(12)15(24)9-16(21)23-18/h6-8,10,22H,2-5,9H2,1H3,(H2,21,23). The smallest absolute Gasteiger partial charge is 0.340 e. The van der Waals surface area contributed by atoms with Gasteiger partial charge in [0.2, 0.25) is 0 Å². The number of fused-ring (bicyclic) bond motifs is 1. The van der Waals surface area contributed by atoms with Crippen molar-refractivity contribution in [3.63, 3.8) is 0 Å². The molecule has 0 bridgehead atoms. The molecule has 7 heteroatoms. The first kappa shape index (κ1) is 17.8. The molecule has 1 aliphatic rings. The third-order valence-corrected chi connectivity index (χ3v) is 4.42. The number of hydrogen-bond acceptors (Lipinski definition) is 5. The number of hydrogen-bond donors (Lipinski definition) is 2. The highest BCUT2D eigenvalue weighted by Crippen LogP contribution is 2.28. The van der Waals surface area contributed by atoms with Crippen molar-refractivity contribution in [3.8, 4) is 0 Å². The number of aromatic amines is 1. The first-order valence-corrected chi connectivity index (χ1v) is 8.43. The minimum atomic E-state index is -0.681. The number of aryl methyl sites for hydroxylation is 2. The number of Topliss-reactive ketones (excluding diaryl/α,β-unsaturated/α-hetero) is 1. The summed E-state index contributed by atoms with van der Waals surface area (Å²) in [6, 6.07) is 4.54. The molecule has 0 fully saturated rings. The van der Waals surface area contributed by atoms with Crippen LogP contribution in [0.4, 0.5) is 10.2 Å².